The van der Waals surface area contributed by atoms with Crippen molar-refractivity contribution in [2.45, 2.75) is 26.3 Å². The van der Waals surface area contributed by atoms with Gasteiger partial charge in [-0.05, 0) is 42.8 Å². The maximum absolute atomic E-state index is 11.0. The molecule has 0 radical (unpaired) electrons. The Hall–Kier alpha value is -1.63. The van der Waals surface area contributed by atoms with E-state index in [1.807, 2.05) is 20.8 Å². The lowest BCUT2D eigenvalue weighted by atomic mass is 10.0. The molecule has 0 bridgehead atoms. The predicted molar refractivity (Wildman–Crippen MR) is 75.5 cm³/mol. The van der Waals surface area contributed by atoms with E-state index in [1.54, 1.807) is 11.0 Å². The first-order valence-electron chi connectivity index (χ1n) is 5.56. The molecular formula is C12H15BrN2O4. The quantitative estimate of drug-likeness (QED) is 0.677. The highest BCUT2D eigenvalue weighted by Gasteiger charge is 2.26. The third-order valence-electron chi connectivity index (χ3n) is 2.54. The van der Waals surface area contributed by atoms with Crippen molar-refractivity contribution in [1.82, 2.24) is 0 Å². The summed E-state index contributed by atoms with van der Waals surface area (Å²) in [5.74, 6) is -0.958. The van der Waals surface area contributed by atoms with Crippen molar-refractivity contribution in [1.29, 1.82) is 0 Å². The number of carboxylic acid groups (broad SMARTS) is 1. The van der Waals surface area contributed by atoms with Crippen molar-refractivity contribution in [3.05, 3.63) is 32.8 Å². The van der Waals surface area contributed by atoms with Gasteiger partial charge in [-0.25, -0.2) is 0 Å². The summed E-state index contributed by atoms with van der Waals surface area (Å²) < 4.78 is 0.498. The predicted octanol–water partition coefficient (Wildman–Crippen LogP) is 3.05. The van der Waals surface area contributed by atoms with Gasteiger partial charge in [-0.15, -0.1) is 0 Å². The molecule has 0 aliphatic heterocycles. The third-order valence-corrected chi connectivity index (χ3v) is 3.17. The summed E-state index contributed by atoms with van der Waals surface area (Å²) in [5, 5.41) is 19.7. The zero-order valence-electron chi connectivity index (χ0n) is 10.9. The molecule has 19 heavy (non-hydrogen) atoms. The van der Waals surface area contributed by atoms with Crippen LogP contribution >= 0.6 is 15.9 Å². The van der Waals surface area contributed by atoms with Crippen LogP contribution < -0.4 is 4.90 Å². The minimum atomic E-state index is -0.958. The van der Waals surface area contributed by atoms with Gasteiger partial charge in [-0.3, -0.25) is 14.9 Å². The first-order valence-corrected chi connectivity index (χ1v) is 6.35. The number of aliphatic carboxylic acids is 1. The largest absolute Gasteiger partial charge is 0.480 e. The summed E-state index contributed by atoms with van der Waals surface area (Å²) in [6, 6.07) is 4.28. The van der Waals surface area contributed by atoms with E-state index in [1.165, 1.54) is 12.1 Å². The summed E-state index contributed by atoms with van der Waals surface area (Å²) in [4.78, 5) is 22.8. The highest BCUT2D eigenvalue weighted by Crippen LogP contribution is 2.33. The third kappa shape index (κ3) is 3.92. The first-order chi connectivity index (χ1) is 8.62. The summed E-state index contributed by atoms with van der Waals surface area (Å²) in [5.41, 5.74) is 0.150. The van der Waals surface area contributed by atoms with Crippen LogP contribution in [0.15, 0.2) is 22.7 Å². The zero-order valence-corrected chi connectivity index (χ0v) is 12.5. The van der Waals surface area contributed by atoms with Crippen molar-refractivity contribution in [3.8, 4) is 0 Å². The number of halogens is 1. The van der Waals surface area contributed by atoms with Crippen LogP contribution in [0.3, 0.4) is 0 Å². The van der Waals surface area contributed by atoms with Crippen molar-refractivity contribution >= 4 is 33.3 Å². The monoisotopic (exact) mass is 330 g/mol. The van der Waals surface area contributed by atoms with E-state index in [2.05, 4.69) is 15.9 Å². The minimum absolute atomic E-state index is 0.0418. The van der Waals surface area contributed by atoms with Crippen LogP contribution in [0, 0.1) is 10.1 Å². The van der Waals surface area contributed by atoms with Crippen LogP contribution in [0.4, 0.5) is 11.4 Å². The van der Waals surface area contributed by atoms with E-state index in [-0.39, 0.29) is 12.2 Å². The molecule has 0 amide bonds. The van der Waals surface area contributed by atoms with Gasteiger partial charge >= 0.3 is 5.97 Å². The standard InChI is InChI=1S/C12H15BrN2O4/c1-12(2,3)14(7-11(16)17)10-5-4-8(15(18)19)6-9(10)13/h4-6H,7H2,1-3H3,(H,16,17). The molecule has 7 heteroatoms. The molecule has 0 unspecified atom stereocenters. The maximum Gasteiger partial charge on any atom is 0.323 e. The normalized spacial score (nSPS) is 11.2. The second kappa shape index (κ2) is 5.56. The molecule has 1 rings (SSSR count). The molecule has 1 aromatic carbocycles. The SMILES string of the molecule is CC(C)(C)N(CC(=O)O)c1ccc([N+](=O)[O-])cc1Br. The van der Waals surface area contributed by atoms with Crippen molar-refractivity contribution in [3.63, 3.8) is 0 Å². The maximum atomic E-state index is 11.0. The van der Waals surface area contributed by atoms with Gasteiger partial charge < -0.3 is 10.0 Å². The van der Waals surface area contributed by atoms with Crippen LogP contribution in [0.2, 0.25) is 0 Å². The Morgan fingerprint density at radius 1 is 1.47 bits per heavy atom. The second-order valence-corrected chi connectivity index (χ2v) is 5.90. The molecule has 0 heterocycles. The van der Waals surface area contributed by atoms with Crippen LogP contribution in [0.25, 0.3) is 0 Å². The molecule has 0 aromatic heterocycles. The summed E-state index contributed by atoms with van der Waals surface area (Å²) >= 11 is 3.26. The lowest BCUT2D eigenvalue weighted by Gasteiger charge is -2.37. The molecule has 1 N–H and O–H groups in total. The Balaban J connectivity index is 3.24. The Kier molecular flexibility index (Phi) is 4.52. The number of carbonyl (C=O) groups is 1. The molecule has 0 atom stereocenters. The second-order valence-electron chi connectivity index (χ2n) is 5.04. The van der Waals surface area contributed by atoms with Crippen LogP contribution in [0.5, 0.6) is 0 Å². The zero-order chi connectivity index (χ0) is 14.8. The van der Waals surface area contributed by atoms with Gasteiger partial charge in [-0.2, -0.15) is 0 Å². The molecule has 1 aromatic rings. The molecule has 0 saturated heterocycles. The fourth-order valence-corrected chi connectivity index (χ4v) is 2.23. The number of anilines is 1. The van der Waals surface area contributed by atoms with E-state index in [9.17, 15) is 14.9 Å². The topological polar surface area (TPSA) is 83.7 Å². The molecule has 0 aliphatic carbocycles. The van der Waals surface area contributed by atoms with Crippen LogP contribution in [-0.4, -0.2) is 28.1 Å². The van der Waals surface area contributed by atoms with Crippen molar-refractivity contribution in [2.75, 3.05) is 11.4 Å². The minimum Gasteiger partial charge on any atom is -0.480 e. The molecule has 6 nitrogen and oxygen atoms in total. The number of non-ortho nitro benzene ring substituents is 1. The molecular weight excluding hydrogens is 316 g/mol. The van der Waals surface area contributed by atoms with Gasteiger partial charge in [0.1, 0.15) is 6.54 Å². The first kappa shape index (κ1) is 15.4. The fraction of sp³-hybridized carbons (Fsp3) is 0.417. The smallest absolute Gasteiger partial charge is 0.323 e. The Morgan fingerprint density at radius 3 is 2.42 bits per heavy atom. The van der Waals surface area contributed by atoms with Gasteiger partial charge in [0, 0.05) is 22.1 Å². The summed E-state index contributed by atoms with van der Waals surface area (Å²) in [6.45, 7) is 5.46. The van der Waals surface area contributed by atoms with E-state index < -0.39 is 16.4 Å². The number of nitro benzene ring substituents is 1. The van der Waals surface area contributed by atoms with Crippen molar-refractivity contribution in [2.24, 2.45) is 0 Å². The van der Waals surface area contributed by atoms with Crippen molar-refractivity contribution < 1.29 is 14.8 Å². The number of hydrogen-bond acceptors (Lipinski definition) is 4. The Morgan fingerprint density at radius 2 is 2.05 bits per heavy atom. The number of nitro groups is 1. The number of nitrogens with zero attached hydrogens (tertiary/aromatic N) is 2. The van der Waals surface area contributed by atoms with Gasteiger partial charge in [-0.1, -0.05) is 0 Å². The lowest BCUT2D eigenvalue weighted by Crippen LogP contribution is -2.44. The van der Waals surface area contributed by atoms with E-state index >= 15 is 0 Å². The van der Waals surface area contributed by atoms with E-state index in [0.717, 1.165) is 0 Å². The molecule has 0 fully saturated rings. The molecule has 0 saturated carbocycles. The van der Waals surface area contributed by atoms with Gasteiger partial charge in [0.05, 0.1) is 10.6 Å². The fourth-order valence-electron chi connectivity index (χ4n) is 1.65. The number of benzene rings is 1. The highest BCUT2D eigenvalue weighted by molar-refractivity contribution is 9.10. The van der Waals surface area contributed by atoms with E-state index in [0.29, 0.717) is 10.2 Å². The Bertz CT molecular complexity index is 511. The summed E-state index contributed by atoms with van der Waals surface area (Å²) in [6.07, 6.45) is 0. The molecule has 0 spiro atoms. The molecule has 104 valence electrons. The van der Waals surface area contributed by atoms with Crippen LogP contribution in [-0.2, 0) is 4.79 Å². The number of hydrogen-bond donors (Lipinski definition) is 1. The highest BCUT2D eigenvalue weighted by atomic mass is 79.9. The molecule has 0 aliphatic rings. The van der Waals surface area contributed by atoms with Crippen LogP contribution in [0.1, 0.15) is 20.8 Å². The summed E-state index contributed by atoms with van der Waals surface area (Å²) in [7, 11) is 0. The van der Waals surface area contributed by atoms with Gasteiger partial charge in [0.25, 0.3) is 5.69 Å². The van der Waals surface area contributed by atoms with Gasteiger partial charge in [0.15, 0.2) is 0 Å². The lowest BCUT2D eigenvalue weighted by molar-refractivity contribution is -0.384. The number of carboxylic acids is 1. The number of rotatable bonds is 4. The average Bonchev–Trinajstić information content (AvgIpc) is 2.24. The Labute approximate surface area is 119 Å². The van der Waals surface area contributed by atoms with E-state index in [4.69, 9.17) is 5.11 Å². The van der Waals surface area contributed by atoms with Gasteiger partial charge in [0.2, 0.25) is 0 Å². The average molecular weight is 331 g/mol.